The minimum atomic E-state index is -4.75. The lowest BCUT2D eigenvalue weighted by Crippen LogP contribution is -2.42. The zero-order valence-corrected chi connectivity index (χ0v) is 19.8. The Morgan fingerprint density at radius 1 is 0.838 bits per heavy atom. The summed E-state index contributed by atoms with van der Waals surface area (Å²) in [6.07, 6.45) is -9.46. The van der Waals surface area contributed by atoms with Gasteiger partial charge in [-0.15, -0.1) is 0 Å². The van der Waals surface area contributed by atoms with Crippen LogP contribution >= 0.6 is 0 Å². The van der Waals surface area contributed by atoms with Gasteiger partial charge >= 0.3 is 18.4 Å². The molecular formula is C21H21F6N3O6S. The van der Waals surface area contributed by atoms with E-state index in [0.29, 0.717) is 0 Å². The van der Waals surface area contributed by atoms with Crippen LogP contribution in [0.15, 0.2) is 47.4 Å². The van der Waals surface area contributed by atoms with Gasteiger partial charge in [-0.25, -0.2) is 17.9 Å². The number of aryl methyl sites for hydroxylation is 1. The zero-order chi connectivity index (χ0) is 27.9. The van der Waals surface area contributed by atoms with Crippen LogP contribution in [0.1, 0.15) is 15.9 Å². The van der Waals surface area contributed by atoms with Crippen LogP contribution in [0, 0.1) is 6.92 Å². The molecule has 0 aromatic heterocycles. The van der Waals surface area contributed by atoms with Gasteiger partial charge in [0.25, 0.3) is 15.9 Å². The van der Waals surface area contributed by atoms with Crippen LogP contribution in [0.3, 0.4) is 0 Å². The SMILES string of the molecule is Cc1ccc(S(=O)(=O)NC(=O)NCCNC(=O)c2cc(OCC(F)(F)F)ccc2OCC(F)(F)F)cc1. The van der Waals surface area contributed by atoms with E-state index in [4.69, 9.17) is 0 Å². The summed E-state index contributed by atoms with van der Waals surface area (Å²) in [5.74, 6) is -2.09. The van der Waals surface area contributed by atoms with Gasteiger partial charge in [0, 0.05) is 13.1 Å². The molecule has 3 N–H and O–H groups in total. The fourth-order valence-corrected chi connectivity index (χ4v) is 3.54. The van der Waals surface area contributed by atoms with Gasteiger partial charge in [-0.2, -0.15) is 26.3 Å². The molecule has 2 rings (SSSR count). The van der Waals surface area contributed by atoms with E-state index in [1.54, 1.807) is 11.6 Å². The topological polar surface area (TPSA) is 123 Å². The highest BCUT2D eigenvalue weighted by molar-refractivity contribution is 7.90. The molecule has 0 aliphatic rings. The summed E-state index contributed by atoms with van der Waals surface area (Å²) < 4.78 is 110. The summed E-state index contributed by atoms with van der Waals surface area (Å²) in [6.45, 7) is -2.39. The first-order chi connectivity index (χ1) is 17.1. The minimum Gasteiger partial charge on any atom is -0.484 e. The Balaban J connectivity index is 1.98. The first-order valence-corrected chi connectivity index (χ1v) is 11.7. The largest absolute Gasteiger partial charge is 0.484 e. The number of amides is 3. The van der Waals surface area contributed by atoms with Gasteiger partial charge in [-0.1, -0.05) is 17.7 Å². The van der Waals surface area contributed by atoms with Gasteiger partial charge in [-0.3, -0.25) is 4.79 Å². The molecule has 204 valence electrons. The molecule has 0 bridgehead atoms. The molecule has 37 heavy (non-hydrogen) atoms. The van der Waals surface area contributed by atoms with E-state index in [9.17, 15) is 44.3 Å². The molecule has 16 heteroatoms. The van der Waals surface area contributed by atoms with Crippen LogP contribution in [-0.4, -0.2) is 59.0 Å². The number of ether oxygens (including phenoxy) is 2. The second-order valence-electron chi connectivity index (χ2n) is 7.40. The van der Waals surface area contributed by atoms with E-state index in [1.165, 1.54) is 24.3 Å². The Bertz CT molecular complexity index is 1200. The smallest absolute Gasteiger partial charge is 0.422 e. The van der Waals surface area contributed by atoms with Crippen molar-refractivity contribution in [3.05, 3.63) is 53.6 Å². The molecule has 0 spiro atoms. The number of carbonyl (C=O) groups is 2. The molecule has 9 nitrogen and oxygen atoms in total. The fourth-order valence-electron chi connectivity index (χ4n) is 2.61. The highest BCUT2D eigenvalue weighted by Crippen LogP contribution is 2.27. The molecule has 0 saturated carbocycles. The van der Waals surface area contributed by atoms with Crippen molar-refractivity contribution < 1.29 is 53.8 Å². The van der Waals surface area contributed by atoms with Gasteiger partial charge in [0.15, 0.2) is 13.2 Å². The van der Waals surface area contributed by atoms with Crippen molar-refractivity contribution in [2.24, 2.45) is 0 Å². The summed E-state index contributed by atoms with van der Waals surface area (Å²) in [7, 11) is -4.17. The molecule has 0 aliphatic heterocycles. The lowest BCUT2D eigenvalue weighted by molar-refractivity contribution is -0.154. The molecule has 0 atom stereocenters. The van der Waals surface area contributed by atoms with Crippen LogP contribution in [0.2, 0.25) is 0 Å². The van der Waals surface area contributed by atoms with Crippen LogP contribution in [0.25, 0.3) is 0 Å². The van der Waals surface area contributed by atoms with Crippen molar-refractivity contribution in [1.29, 1.82) is 0 Å². The van der Waals surface area contributed by atoms with E-state index in [-0.39, 0.29) is 18.0 Å². The first-order valence-electron chi connectivity index (χ1n) is 10.2. The number of urea groups is 1. The van der Waals surface area contributed by atoms with E-state index in [1.807, 2.05) is 0 Å². The van der Waals surface area contributed by atoms with Gasteiger partial charge in [0.05, 0.1) is 10.5 Å². The van der Waals surface area contributed by atoms with Crippen LogP contribution < -0.4 is 24.8 Å². The van der Waals surface area contributed by atoms with Crippen molar-refractivity contribution in [2.45, 2.75) is 24.2 Å². The van der Waals surface area contributed by atoms with E-state index in [0.717, 1.165) is 23.8 Å². The van der Waals surface area contributed by atoms with Crippen molar-refractivity contribution >= 4 is 22.0 Å². The molecule has 0 aliphatic carbocycles. The lowest BCUT2D eigenvalue weighted by atomic mass is 10.1. The maximum atomic E-state index is 12.5. The number of alkyl halides is 6. The molecule has 3 amide bonds. The lowest BCUT2D eigenvalue weighted by Gasteiger charge is -2.15. The highest BCUT2D eigenvalue weighted by Gasteiger charge is 2.30. The Kier molecular flexibility index (Phi) is 9.61. The number of nitrogens with one attached hydrogen (secondary N) is 3. The maximum absolute atomic E-state index is 12.5. The number of carbonyl (C=O) groups excluding carboxylic acids is 2. The second kappa shape index (κ2) is 12.0. The molecule has 0 radical (unpaired) electrons. The van der Waals surface area contributed by atoms with Crippen molar-refractivity contribution in [3.8, 4) is 11.5 Å². The van der Waals surface area contributed by atoms with Gasteiger partial charge in [0.1, 0.15) is 11.5 Å². The minimum absolute atomic E-state index is 0.166. The Morgan fingerprint density at radius 2 is 1.41 bits per heavy atom. The summed E-state index contributed by atoms with van der Waals surface area (Å²) >= 11 is 0. The van der Waals surface area contributed by atoms with E-state index in [2.05, 4.69) is 20.1 Å². The average molecular weight is 557 g/mol. The molecule has 2 aromatic rings. The molecule has 0 fully saturated rings. The van der Waals surface area contributed by atoms with Crippen molar-refractivity contribution in [3.63, 3.8) is 0 Å². The fraction of sp³-hybridized carbons (Fsp3) is 0.333. The number of halogens is 6. The summed E-state index contributed by atoms with van der Waals surface area (Å²) in [5, 5.41) is 4.38. The highest BCUT2D eigenvalue weighted by atomic mass is 32.2. The number of benzene rings is 2. The Morgan fingerprint density at radius 3 is 2.00 bits per heavy atom. The Hall–Kier alpha value is -3.69. The van der Waals surface area contributed by atoms with Crippen molar-refractivity contribution in [2.75, 3.05) is 26.3 Å². The third-order valence-electron chi connectivity index (χ3n) is 4.24. The predicted octanol–water partition coefficient (Wildman–Crippen LogP) is 3.30. The third-order valence-corrected chi connectivity index (χ3v) is 5.59. The Labute approximate surface area is 207 Å². The van der Waals surface area contributed by atoms with Crippen LogP contribution in [0.5, 0.6) is 11.5 Å². The third kappa shape index (κ3) is 10.4. The summed E-state index contributed by atoms with van der Waals surface area (Å²) in [5.41, 5.74) is 0.235. The zero-order valence-electron chi connectivity index (χ0n) is 19.0. The molecule has 0 heterocycles. The molecule has 0 unspecified atom stereocenters. The van der Waals surface area contributed by atoms with Crippen LogP contribution in [-0.2, 0) is 10.0 Å². The number of sulfonamides is 1. The first kappa shape index (κ1) is 29.5. The average Bonchev–Trinajstić information content (AvgIpc) is 2.78. The molecule has 2 aromatic carbocycles. The molecule has 0 saturated heterocycles. The quantitative estimate of drug-likeness (QED) is 0.305. The molecular weight excluding hydrogens is 536 g/mol. The van der Waals surface area contributed by atoms with Crippen LogP contribution in [0.4, 0.5) is 31.1 Å². The van der Waals surface area contributed by atoms with Gasteiger partial charge < -0.3 is 20.1 Å². The summed E-state index contributed by atoms with van der Waals surface area (Å²) in [4.78, 5) is 24.2. The number of hydrogen-bond donors (Lipinski definition) is 3. The number of rotatable bonds is 10. The standard InChI is InChI=1S/C21H21F6N3O6S/c1-13-2-5-15(6-3-13)37(33,34)30-19(32)29-9-8-28-18(31)16-10-14(35-11-20(22,23)24)4-7-17(16)36-12-21(25,26)27/h2-7,10H,8-9,11-12H2,1H3,(H,28,31)(H2,29,30,32). The summed E-state index contributed by atoms with van der Waals surface area (Å²) in [6, 6.07) is 7.01. The monoisotopic (exact) mass is 557 g/mol. The predicted molar refractivity (Wildman–Crippen MR) is 117 cm³/mol. The van der Waals surface area contributed by atoms with E-state index >= 15 is 0 Å². The second-order valence-corrected chi connectivity index (χ2v) is 9.08. The van der Waals surface area contributed by atoms with Gasteiger partial charge in [-0.05, 0) is 37.3 Å². The maximum Gasteiger partial charge on any atom is 0.422 e. The van der Waals surface area contributed by atoms with Gasteiger partial charge in [0.2, 0.25) is 0 Å². The van der Waals surface area contributed by atoms with E-state index < -0.39 is 64.6 Å². The normalized spacial score (nSPS) is 12.0. The van der Waals surface area contributed by atoms with Crippen molar-refractivity contribution in [1.82, 2.24) is 15.4 Å². The number of hydrogen-bond acceptors (Lipinski definition) is 6.